The highest BCUT2D eigenvalue weighted by molar-refractivity contribution is 5.76. The Morgan fingerprint density at radius 3 is 2.59 bits per heavy atom. The van der Waals surface area contributed by atoms with Crippen LogP contribution in [0.2, 0.25) is 0 Å². The Bertz CT molecular complexity index is 849. The number of carbonyl (C=O) groups is 1. The molecule has 0 N–H and O–H groups in total. The first-order valence-electron chi connectivity index (χ1n) is 9.39. The van der Waals surface area contributed by atoms with Gasteiger partial charge in [0, 0.05) is 57.3 Å². The Morgan fingerprint density at radius 2 is 1.85 bits per heavy atom. The largest absolute Gasteiger partial charge is 0.469 e. The van der Waals surface area contributed by atoms with Crippen molar-refractivity contribution >= 4 is 5.91 Å². The first-order valence-corrected chi connectivity index (χ1v) is 9.39. The molecule has 0 saturated carbocycles. The third-order valence-electron chi connectivity index (χ3n) is 4.95. The molecule has 0 spiro atoms. The maximum Gasteiger partial charge on any atom is 0.223 e. The molecule has 0 unspecified atom stereocenters. The van der Waals surface area contributed by atoms with Crippen LogP contribution in [0.3, 0.4) is 0 Å². The van der Waals surface area contributed by atoms with Gasteiger partial charge in [-0.1, -0.05) is 18.2 Å². The van der Waals surface area contributed by atoms with Crippen LogP contribution in [-0.2, 0) is 17.8 Å². The van der Waals surface area contributed by atoms with Gasteiger partial charge in [0.1, 0.15) is 5.76 Å². The minimum absolute atomic E-state index is 0.211. The fourth-order valence-electron chi connectivity index (χ4n) is 3.42. The number of hydrogen-bond donors (Lipinski definition) is 0. The van der Waals surface area contributed by atoms with Gasteiger partial charge >= 0.3 is 0 Å². The molecule has 1 fully saturated rings. The second kappa shape index (κ2) is 8.22. The van der Waals surface area contributed by atoms with Crippen molar-refractivity contribution in [2.45, 2.75) is 19.4 Å². The van der Waals surface area contributed by atoms with Crippen molar-refractivity contribution in [3.63, 3.8) is 0 Å². The number of nitrogens with zero attached hydrogens (tertiary/aromatic N) is 4. The molecule has 3 heterocycles. The van der Waals surface area contributed by atoms with Crippen LogP contribution in [0.5, 0.6) is 0 Å². The van der Waals surface area contributed by atoms with Crippen molar-refractivity contribution < 1.29 is 9.21 Å². The van der Waals surface area contributed by atoms with E-state index in [0.717, 1.165) is 44.2 Å². The number of aromatic nitrogens is 2. The number of hydrogen-bond acceptors (Lipinski definition) is 4. The Kier molecular flexibility index (Phi) is 5.34. The van der Waals surface area contributed by atoms with Gasteiger partial charge in [-0.2, -0.15) is 5.10 Å². The van der Waals surface area contributed by atoms with Crippen LogP contribution in [0, 0.1) is 0 Å². The first kappa shape index (κ1) is 17.5. The molecule has 140 valence electrons. The summed E-state index contributed by atoms with van der Waals surface area (Å²) >= 11 is 0. The van der Waals surface area contributed by atoms with Crippen LogP contribution in [0.15, 0.2) is 65.5 Å². The lowest BCUT2D eigenvalue weighted by Crippen LogP contribution is -2.48. The number of rotatable bonds is 6. The zero-order valence-electron chi connectivity index (χ0n) is 15.3. The second-order valence-electron chi connectivity index (χ2n) is 6.87. The zero-order valence-corrected chi connectivity index (χ0v) is 15.3. The van der Waals surface area contributed by atoms with Crippen LogP contribution < -0.4 is 0 Å². The summed E-state index contributed by atoms with van der Waals surface area (Å²) in [5, 5.41) is 4.46. The third-order valence-corrected chi connectivity index (χ3v) is 4.95. The van der Waals surface area contributed by atoms with Gasteiger partial charge in [-0.25, -0.2) is 4.68 Å². The molecule has 1 aromatic carbocycles. The van der Waals surface area contributed by atoms with Gasteiger partial charge in [0.2, 0.25) is 5.91 Å². The zero-order chi connectivity index (χ0) is 18.5. The lowest BCUT2D eigenvalue weighted by molar-refractivity contribution is -0.133. The highest BCUT2D eigenvalue weighted by atomic mass is 16.3. The number of aryl methyl sites for hydroxylation is 1. The van der Waals surface area contributed by atoms with Crippen molar-refractivity contribution in [3.8, 4) is 5.69 Å². The van der Waals surface area contributed by atoms with Crippen LogP contribution >= 0.6 is 0 Å². The molecule has 0 atom stereocenters. The van der Waals surface area contributed by atoms with E-state index in [2.05, 4.69) is 16.2 Å². The molecule has 1 amide bonds. The number of furan rings is 1. The molecule has 0 bridgehead atoms. The fraction of sp³-hybridized carbons (Fsp3) is 0.333. The van der Waals surface area contributed by atoms with Gasteiger partial charge in [-0.3, -0.25) is 9.69 Å². The molecular formula is C21H24N4O2. The Balaban J connectivity index is 1.25. The maximum absolute atomic E-state index is 12.4. The monoisotopic (exact) mass is 364 g/mol. The highest BCUT2D eigenvalue weighted by Crippen LogP contribution is 2.13. The predicted octanol–water partition coefficient (Wildman–Crippen LogP) is 2.74. The summed E-state index contributed by atoms with van der Waals surface area (Å²) in [7, 11) is 0. The summed E-state index contributed by atoms with van der Waals surface area (Å²) in [5.41, 5.74) is 2.26. The second-order valence-corrected chi connectivity index (χ2v) is 6.87. The molecular weight excluding hydrogens is 340 g/mol. The quantitative estimate of drug-likeness (QED) is 0.675. The van der Waals surface area contributed by atoms with E-state index in [-0.39, 0.29) is 5.91 Å². The van der Waals surface area contributed by atoms with E-state index in [4.69, 9.17) is 4.42 Å². The van der Waals surface area contributed by atoms with Gasteiger partial charge in [-0.15, -0.1) is 0 Å². The van der Waals surface area contributed by atoms with Gasteiger partial charge < -0.3 is 9.32 Å². The minimum Gasteiger partial charge on any atom is -0.469 e. The smallest absolute Gasteiger partial charge is 0.223 e. The lowest BCUT2D eigenvalue weighted by atomic mass is 10.2. The Hall–Kier alpha value is -2.86. The van der Waals surface area contributed by atoms with Crippen LogP contribution in [0.4, 0.5) is 0 Å². The molecule has 0 radical (unpaired) electrons. The first-order chi connectivity index (χ1) is 13.3. The van der Waals surface area contributed by atoms with E-state index in [9.17, 15) is 4.79 Å². The van der Waals surface area contributed by atoms with E-state index in [1.54, 1.807) is 6.26 Å². The third kappa shape index (κ3) is 4.46. The molecule has 1 aliphatic rings. The molecule has 2 aromatic heterocycles. The molecule has 3 aromatic rings. The Morgan fingerprint density at radius 1 is 1.04 bits per heavy atom. The Labute approximate surface area is 159 Å². The average Bonchev–Trinajstić information content (AvgIpc) is 3.39. The number of para-hydroxylation sites is 1. The van der Waals surface area contributed by atoms with Crippen molar-refractivity contribution in [3.05, 3.63) is 72.4 Å². The van der Waals surface area contributed by atoms with Crippen LogP contribution in [0.25, 0.3) is 5.69 Å². The molecule has 27 heavy (non-hydrogen) atoms. The summed E-state index contributed by atoms with van der Waals surface area (Å²) < 4.78 is 7.21. The normalized spacial score (nSPS) is 15.2. The number of carbonyl (C=O) groups excluding carboxylic acids is 1. The summed E-state index contributed by atoms with van der Waals surface area (Å²) in [4.78, 5) is 16.7. The standard InChI is InChI=1S/C21H24N4O2/c26-21(9-8-20-7-4-14-27-20)24-12-10-23(11-13-24)16-18-15-22-25(17-18)19-5-2-1-3-6-19/h1-7,14-15,17H,8-13,16H2. The predicted molar refractivity (Wildman–Crippen MR) is 102 cm³/mol. The van der Waals surface area contributed by atoms with E-state index in [1.165, 1.54) is 5.56 Å². The molecule has 6 nitrogen and oxygen atoms in total. The molecule has 0 aliphatic carbocycles. The summed E-state index contributed by atoms with van der Waals surface area (Å²) in [6, 6.07) is 13.9. The lowest BCUT2D eigenvalue weighted by Gasteiger charge is -2.34. The van der Waals surface area contributed by atoms with E-state index in [1.807, 2.05) is 58.2 Å². The van der Waals surface area contributed by atoms with Gasteiger partial charge in [0.25, 0.3) is 0 Å². The maximum atomic E-state index is 12.4. The van der Waals surface area contributed by atoms with Crippen molar-refractivity contribution in [2.75, 3.05) is 26.2 Å². The van der Waals surface area contributed by atoms with Crippen molar-refractivity contribution in [1.29, 1.82) is 0 Å². The van der Waals surface area contributed by atoms with Crippen molar-refractivity contribution in [2.24, 2.45) is 0 Å². The highest BCUT2D eigenvalue weighted by Gasteiger charge is 2.21. The van der Waals surface area contributed by atoms with Gasteiger partial charge in [0.05, 0.1) is 18.1 Å². The van der Waals surface area contributed by atoms with E-state index < -0.39 is 0 Å². The number of amides is 1. The minimum atomic E-state index is 0.211. The number of piperazine rings is 1. The fourth-order valence-corrected chi connectivity index (χ4v) is 3.42. The van der Waals surface area contributed by atoms with Crippen LogP contribution in [0.1, 0.15) is 17.7 Å². The van der Waals surface area contributed by atoms with E-state index >= 15 is 0 Å². The van der Waals surface area contributed by atoms with Crippen LogP contribution in [-0.4, -0.2) is 51.7 Å². The van der Waals surface area contributed by atoms with Gasteiger partial charge in [-0.05, 0) is 24.3 Å². The molecule has 4 rings (SSSR count). The summed E-state index contributed by atoms with van der Waals surface area (Å²) in [5.74, 6) is 1.08. The summed E-state index contributed by atoms with van der Waals surface area (Å²) in [6.07, 6.45) is 6.84. The average molecular weight is 364 g/mol. The van der Waals surface area contributed by atoms with Crippen molar-refractivity contribution in [1.82, 2.24) is 19.6 Å². The molecule has 1 aliphatic heterocycles. The molecule has 1 saturated heterocycles. The van der Waals surface area contributed by atoms with E-state index in [0.29, 0.717) is 12.8 Å². The molecule has 6 heteroatoms. The topological polar surface area (TPSA) is 54.5 Å². The SMILES string of the molecule is O=C(CCc1ccco1)N1CCN(Cc2cnn(-c3ccccc3)c2)CC1. The summed E-state index contributed by atoms with van der Waals surface area (Å²) in [6.45, 7) is 4.21. The number of benzene rings is 1. The van der Waals surface area contributed by atoms with Gasteiger partial charge in [0.15, 0.2) is 0 Å².